The average Bonchev–Trinajstić information content (AvgIpc) is 2.58. The summed E-state index contributed by atoms with van der Waals surface area (Å²) >= 11 is 0. The van der Waals surface area contributed by atoms with Crippen LogP contribution in [-0.2, 0) is 13.1 Å². The van der Waals surface area contributed by atoms with E-state index in [0.717, 1.165) is 43.9 Å². The number of likely N-dealkylation sites (tertiary alicyclic amines) is 1. The molecule has 5 heteroatoms. The van der Waals surface area contributed by atoms with E-state index in [4.69, 9.17) is 4.74 Å². The summed E-state index contributed by atoms with van der Waals surface area (Å²) in [6.45, 7) is 3.41. The number of benzene rings is 1. The molecule has 0 radical (unpaired) electrons. The van der Waals surface area contributed by atoms with Crippen LogP contribution in [0.2, 0.25) is 0 Å². The Labute approximate surface area is 141 Å². The number of phenolic OH excluding ortho intramolecular Hbond substituents is 1. The maximum Gasteiger partial charge on any atom is 0.250 e. The van der Waals surface area contributed by atoms with Crippen LogP contribution in [-0.4, -0.2) is 34.8 Å². The van der Waals surface area contributed by atoms with Gasteiger partial charge in [0.05, 0.1) is 7.11 Å². The van der Waals surface area contributed by atoms with Gasteiger partial charge in [-0.2, -0.15) is 0 Å². The van der Waals surface area contributed by atoms with Crippen LogP contribution in [0, 0.1) is 5.92 Å². The van der Waals surface area contributed by atoms with Gasteiger partial charge in [0.1, 0.15) is 11.5 Å². The zero-order chi connectivity index (χ0) is 16.7. The van der Waals surface area contributed by atoms with Gasteiger partial charge in [-0.05, 0) is 24.5 Å². The first-order valence-corrected chi connectivity index (χ1v) is 8.42. The molecule has 0 amide bonds. The SMILES string of the molecule is COc1ccc(CN2C[C@@H]3C[C@H](C2)c2cccc(=O)n2C3)c(O)c1. The second kappa shape index (κ2) is 5.98. The van der Waals surface area contributed by atoms with E-state index in [1.807, 2.05) is 22.8 Å². The molecular weight excluding hydrogens is 304 g/mol. The van der Waals surface area contributed by atoms with Crippen molar-refractivity contribution >= 4 is 0 Å². The number of pyridine rings is 1. The first-order chi connectivity index (χ1) is 11.6. The van der Waals surface area contributed by atoms with Gasteiger partial charge in [-0.1, -0.05) is 12.1 Å². The Morgan fingerprint density at radius 3 is 2.88 bits per heavy atom. The fourth-order valence-electron chi connectivity index (χ4n) is 4.17. The topological polar surface area (TPSA) is 54.7 Å². The lowest BCUT2D eigenvalue weighted by molar-refractivity contribution is 0.113. The molecule has 2 aliphatic heterocycles. The van der Waals surface area contributed by atoms with E-state index in [1.165, 1.54) is 0 Å². The Morgan fingerprint density at radius 1 is 1.21 bits per heavy atom. The minimum absolute atomic E-state index is 0.114. The minimum atomic E-state index is 0.114. The summed E-state index contributed by atoms with van der Waals surface area (Å²) in [7, 11) is 1.60. The largest absolute Gasteiger partial charge is 0.507 e. The Bertz CT molecular complexity index is 814. The third kappa shape index (κ3) is 2.69. The number of methoxy groups -OCH3 is 1. The smallest absolute Gasteiger partial charge is 0.250 e. The fraction of sp³-hybridized carbons (Fsp3) is 0.421. The molecule has 24 heavy (non-hydrogen) atoms. The lowest BCUT2D eigenvalue weighted by atomic mass is 9.83. The average molecular weight is 326 g/mol. The van der Waals surface area contributed by atoms with Crippen LogP contribution in [0.15, 0.2) is 41.2 Å². The minimum Gasteiger partial charge on any atom is -0.507 e. The highest BCUT2D eigenvalue weighted by atomic mass is 16.5. The van der Waals surface area contributed by atoms with Crippen LogP contribution in [0.5, 0.6) is 11.5 Å². The molecule has 4 rings (SSSR count). The Kier molecular flexibility index (Phi) is 3.81. The highest BCUT2D eigenvalue weighted by Crippen LogP contribution is 2.36. The summed E-state index contributed by atoms with van der Waals surface area (Å²) in [6.07, 6.45) is 1.15. The monoisotopic (exact) mass is 326 g/mol. The number of phenols is 1. The van der Waals surface area contributed by atoms with Gasteiger partial charge < -0.3 is 14.4 Å². The van der Waals surface area contributed by atoms with Crippen molar-refractivity contribution in [3.8, 4) is 11.5 Å². The molecule has 0 spiro atoms. The molecule has 1 N–H and O–H groups in total. The van der Waals surface area contributed by atoms with Crippen LogP contribution in [0.25, 0.3) is 0 Å². The molecule has 3 heterocycles. The van der Waals surface area contributed by atoms with Gasteiger partial charge in [0.2, 0.25) is 0 Å². The first-order valence-electron chi connectivity index (χ1n) is 8.42. The van der Waals surface area contributed by atoms with Gasteiger partial charge in [0.15, 0.2) is 0 Å². The third-order valence-electron chi connectivity index (χ3n) is 5.24. The molecule has 0 unspecified atom stereocenters. The Morgan fingerprint density at radius 2 is 2.08 bits per heavy atom. The number of hydrogen-bond acceptors (Lipinski definition) is 4. The number of fused-ring (bicyclic) bond motifs is 4. The molecule has 5 nitrogen and oxygen atoms in total. The summed E-state index contributed by atoms with van der Waals surface area (Å²) in [6, 6.07) is 11.1. The van der Waals surface area contributed by atoms with Crippen molar-refractivity contribution in [1.29, 1.82) is 0 Å². The van der Waals surface area contributed by atoms with Gasteiger partial charge in [0.25, 0.3) is 5.56 Å². The van der Waals surface area contributed by atoms with Crippen molar-refractivity contribution in [2.75, 3.05) is 20.2 Å². The number of rotatable bonds is 3. The molecule has 0 aliphatic carbocycles. The van der Waals surface area contributed by atoms with E-state index in [-0.39, 0.29) is 11.3 Å². The predicted octanol–water partition coefficient (Wildman–Crippen LogP) is 2.18. The van der Waals surface area contributed by atoms with Crippen molar-refractivity contribution < 1.29 is 9.84 Å². The molecule has 1 saturated heterocycles. The van der Waals surface area contributed by atoms with Crippen LogP contribution >= 0.6 is 0 Å². The molecular formula is C19H22N2O3. The van der Waals surface area contributed by atoms with E-state index in [1.54, 1.807) is 19.2 Å². The number of nitrogens with zero attached hydrogens (tertiary/aromatic N) is 2. The van der Waals surface area contributed by atoms with E-state index in [9.17, 15) is 9.90 Å². The quantitative estimate of drug-likeness (QED) is 0.939. The van der Waals surface area contributed by atoms with Crippen LogP contribution < -0.4 is 10.3 Å². The summed E-state index contributed by atoms with van der Waals surface area (Å²) in [5.41, 5.74) is 2.19. The van der Waals surface area contributed by atoms with E-state index in [0.29, 0.717) is 17.6 Å². The second-order valence-corrected chi connectivity index (χ2v) is 6.89. The predicted molar refractivity (Wildman–Crippen MR) is 91.5 cm³/mol. The van der Waals surface area contributed by atoms with E-state index < -0.39 is 0 Å². The molecule has 0 saturated carbocycles. The van der Waals surface area contributed by atoms with Gasteiger partial charge in [0, 0.05) is 55.5 Å². The summed E-state index contributed by atoms with van der Waals surface area (Å²) in [5, 5.41) is 10.2. The maximum absolute atomic E-state index is 12.1. The summed E-state index contributed by atoms with van der Waals surface area (Å²) in [5.74, 6) is 1.84. The van der Waals surface area contributed by atoms with Gasteiger partial charge in [-0.25, -0.2) is 0 Å². The molecule has 1 aromatic carbocycles. The zero-order valence-electron chi connectivity index (χ0n) is 13.8. The molecule has 126 valence electrons. The van der Waals surface area contributed by atoms with Gasteiger partial charge in [-0.15, -0.1) is 0 Å². The van der Waals surface area contributed by atoms with Gasteiger partial charge in [-0.3, -0.25) is 9.69 Å². The first kappa shape index (κ1) is 15.3. The number of hydrogen-bond donors (Lipinski definition) is 1. The molecule has 2 aromatic rings. The number of ether oxygens (including phenoxy) is 1. The van der Waals surface area contributed by atoms with E-state index >= 15 is 0 Å². The standard InChI is InChI=1S/C19H22N2O3/c1-24-16-6-5-14(18(22)8-16)11-20-9-13-7-15(12-20)17-3-2-4-19(23)21(17)10-13/h2-6,8,13,15,22H,7,9-12H2,1H3/t13-,15+/m0/s1. The summed E-state index contributed by atoms with van der Waals surface area (Å²) < 4.78 is 7.09. The van der Waals surface area contributed by atoms with Crippen molar-refractivity contribution in [2.24, 2.45) is 5.92 Å². The summed E-state index contributed by atoms with van der Waals surface area (Å²) in [4.78, 5) is 14.5. The number of aromatic nitrogens is 1. The number of piperidine rings is 1. The lowest BCUT2D eigenvalue weighted by Gasteiger charge is -2.42. The molecule has 1 fully saturated rings. The molecule has 2 bridgehead atoms. The van der Waals surface area contributed by atoms with Crippen molar-refractivity contribution in [1.82, 2.24) is 9.47 Å². The van der Waals surface area contributed by atoms with Crippen molar-refractivity contribution in [3.05, 3.63) is 58.0 Å². The normalized spacial score (nSPS) is 22.9. The molecule has 2 aliphatic rings. The molecule has 2 atom stereocenters. The van der Waals surface area contributed by atoms with Crippen LogP contribution in [0.1, 0.15) is 23.6 Å². The Hall–Kier alpha value is -2.27. The Balaban J connectivity index is 1.55. The third-order valence-corrected chi connectivity index (χ3v) is 5.24. The van der Waals surface area contributed by atoms with Crippen molar-refractivity contribution in [3.63, 3.8) is 0 Å². The zero-order valence-corrected chi connectivity index (χ0v) is 13.8. The van der Waals surface area contributed by atoms with Crippen LogP contribution in [0.3, 0.4) is 0 Å². The lowest BCUT2D eigenvalue weighted by Crippen LogP contribution is -2.46. The highest BCUT2D eigenvalue weighted by molar-refractivity contribution is 5.39. The van der Waals surface area contributed by atoms with Gasteiger partial charge >= 0.3 is 0 Å². The maximum atomic E-state index is 12.1. The van der Waals surface area contributed by atoms with Crippen molar-refractivity contribution in [2.45, 2.75) is 25.4 Å². The van der Waals surface area contributed by atoms with Crippen LogP contribution in [0.4, 0.5) is 0 Å². The second-order valence-electron chi connectivity index (χ2n) is 6.89. The number of aromatic hydroxyl groups is 1. The fourth-order valence-corrected chi connectivity index (χ4v) is 4.17. The highest BCUT2D eigenvalue weighted by Gasteiger charge is 2.34. The van der Waals surface area contributed by atoms with E-state index in [2.05, 4.69) is 11.0 Å². The molecule has 1 aromatic heterocycles.